The first-order chi connectivity index (χ1) is 8.27. The van der Waals surface area contributed by atoms with Crippen LogP contribution in [0.25, 0.3) is 0 Å². The predicted molar refractivity (Wildman–Crippen MR) is 53.5 cm³/mol. The number of fused-ring (bicyclic) bond motifs is 1. The minimum absolute atomic E-state index is 0.153. The standard InChI is InChI=1S/C9H8F3N5O/c1-8(18,9(10,11)12)17-3-5-7(15-4-14-5)16-6(17)2-13/h4,18H,3H2,1H3,(H,14,15). The van der Waals surface area contributed by atoms with E-state index in [0.29, 0.717) is 17.5 Å². The molecule has 1 atom stereocenters. The van der Waals surface area contributed by atoms with Gasteiger partial charge in [0.05, 0.1) is 18.6 Å². The molecule has 2 rings (SSSR count). The van der Waals surface area contributed by atoms with Crippen LogP contribution in [0.3, 0.4) is 0 Å². The van der Waals surface area contributed by atoms with Gasteiger partial charge in [-0.25, -0.2) is 4.98 Å². The Bertz CT molecular complexity index is 539. The van der Waals surface area contributed by atoms with Gasteiger partial charge in [-0.05, 0) is 6.92 Å². The summed E-state index contributed by atoms with van der Waals surface area (Å²) in [6, 6.07) is 1.52. The summed E-state index contributed by atoms with van der Waals surface area (Å²) in [5.74, 6) is -0.377. The first-order valence-corrected chi connectivity index (χ1v) is 4.85. The number of H-pyrrole nitrogens is 1. The Morgan fingerprint density at radius 3 is 2.78 bits per heavy atom. The van der Waals surface area contributed by atoms with Crippen molar-refractivity contribution in [1.29, 1.82) is 5.26 Å². The number of alkyl halides is 3. The van der Waals surface area contributed by atoms with Gasteiger partial charge in [0.1, 0.15) is 6.07 Å². The molecular formula is C9H8F3N5O. The highest BCUT2D eigenvalue weighted by Crippen LogP contribution is 2.36. The lowest BCUT2D eigenvalue weighted by Gasteiger charge is -2.39. The average molecular weight is 259 g/mol. The smallest absolute Gasteiger partial charge is 0.364 e. The Kier molecular flexibility index (Phi) is 2.55. The maximum atomic E-state index is 12.7. The monoisotopic (exact) mass is 259 g/mol. The summed E-state index contributed by atoms with van der Waals surface area (Å²) < 4.78 is 38.2. The molecule has 9 heteroatoms. The van der Waals surface area contributed by atoms with Gasteiger partial charge in [0, 0.05) is 0 Å². The third-order valence-corrected chi connectivity index (χ3v) is 2.64. The largest absolute Gasteiger partial charge is 0.436 e. The molecule has 0 aromatic carbocycles. The van der Waals surface area contributed by atoms with Gasteiger partial charge in [-0.2, -0.15) is 23.4 Å². The minimum atomic E-state index is -4.91. The second-order valence-electron chi connectivity index (χ2n) is 3.86. The minimum Gasteiger partial charge on any atom is -0.364 e. The van der Waals surface area contributed by atoms with Crippen LogP contribution in [0, 0.1) is 11.3 Å². The summed E-state index contributed by atoms with van der Waals surface area (Å²) in [4.78, 5) is 10.5. The molecule has 1 aromatic heterocycles. The topological polar surface area (TPSA) is 88.3 Å². The molecule has 1 aliphatic rings. The molecule has 2 heterocycles. The molecule has 0 bridgehead atoms. The summed E-state index contributed by atoms with van der Waals surface area (Å²) >= 11 is 0. The van der Waals surface area contributed by atoms with Crippen LogP contribution in [0.15, 0.2) is 11.3 Å². The van der Waals surface area contributed by atoms with Crippen LogP contribution in [0.5, 0.6) is 0 Å². The predicted octanol–water partition coefficient (Wildman–Crippen LogP) is 1.05. The molecule has 96 valence electrons. The number of nitriles is 1. The molecule has 6 nitrogen and oxygen atoms in total. The van der Waals surface area contributed by atoms with Gasteiger partial charge in [-0.3, -0.25) is 0 Å². The van der Waals surface area contributed by atoms with Crippen LogP contribution in [0.4, 0.5) is 19.0 Å². The van der Waals surface area contributed by atoms with E-state index < -0.39 is 17.7 Å². The van der Waals surface area contributed by atoms with Gasteiger partial charge in [0.2, 0.25) is 11.6 Å². The van der Waals surface area contributed by atoms with Crippen LogP contribution in [-0.2, 0) is 6.54 Å². The van der Waals surface area contributed by atoms with E-state index in [4.69, 9.17) is 5.26 Å². The van der Waals surface area contributed by atoms with Crippen molar-refractivity contribution in [2.45, 2.75) is 25.4 Å². The second-order valence-corrected chi connectivity index (χ2v) is 3.86. The Morgan fingerprint density at radius 2 is 2.22 bits per heavy atom. The van der Waals surface area contributed by atoms with Crippen LogP contribution >= 0.6 is 0 Å². The first-order valence-electron chi connectivity index (χ1n) is 4.85. The van der Waals surface area contributed by atoms with E-state index in [0.717, 1.165) is 0 Å². The van der Waals surface area contributed by atoms with E-state index in [1.165, 1.54) is 12.4 Å². The second kappa shape index (κ2) is 3.71. The number of hydrogen-bond acceptors (Lipinski definition) is 5. The quantitative estimate of drug-likeness (QED) is 0.789. The van der Waals surface area contributed by atoms with Gasteiger partial charge < -0.3 is 15.0 Å². The summed E-state index contributed by atoms with van der Waals surface area (Å²) in [7, 11) is 0. The zero-order valence-electron chi connectivity index (χ0n) is 9.15. The summed E-state index contributed by atoms with van der Waals surface area (Å²) in [6.45, 7) is 0.245. The molecule has 0 radical (unpaired) electrons. The molecule has 0 spiro atoms. The van der Waals surface area contributed by atoms with E-state index in [1.54, 1.807) is 0 Å². The third-order valence-electron chi connectivity index (χ3n) is 2.64. The van der Waals surface area contributed by atoms with E-state index >= 15 is 0 Å². The average Bonchev–Trinajstić information content (AvgIpc) is 2.72. The lowest BCUT2D eigenvalue weighted by atomic mass is 10.1. The zero-order valence-corrected chi connectivity index (χ0v) is 9.15. The highest BCUT2D eigenvalue weighted by molar-refractivity contribution is 5.99. The molecule has 1 aromatic rings. The maximum absolute atomic E-state index is 12.7. The molecule has 0 fully saturated rings. The van der Waals surface area contributed by atoms with E-state index in [-0.39, 0.29) is 12.4 Å². The van der Waals surface area contributed by atoms with Crippen molar-refractivity contribution in [3.63, 3.8) is 0 Å². The summed E-state index contributed by atoms with van der Waals surface area (Å²) in [6.07, 6.45) is -3.66. The molecule has 0 saturated heterocycles. The number of aromatic amines is 1. The van der Waals surface area contributed by atoms with Crippen LogP contribution in [0.1, 0.15) is 12.6 Å². The molecular weight excluding hydrogens is 251 g/mol. The number of aromatic nitrogens is 2. The van der Waals surface area contributed by atoms with Gasteiger partial charge in [-0.15, -0.1) is 0 Å². The van der Waals surface area contributed by atoms with Crippen molar-refractivity contribution >= 4 is 11.7 Å². The third kappa shape index (κ3) is 1.70. The van der Waals surface area contributed by atoms with E-state index in [1.807, 2.05) is 0 Å². The van der Waals surface area contributed by atoms with Gasteiger partial charge in [0.15, 0.2) is 5.82 Å². The van der Waals surface area contributed by atoms with Crippen molar-refractivity contribution in [3.8, 4) is 6.07 Å². The molecule has 0 amide bonds. The zero-order chi connectivity index (χ0) is 13.6. The first kappa shape index (κ1) is 12.4. The van der Waals surface area contributed by atoms with Crippen molar-refractivity contribution in [2.75, 3.05) is 0 Å². The van der Waals surface area contributed by atoms with Crippen molar-refractivity contribution in [3.05, 3.63) is 12.0 Å². The number of nitrogens with one attached hydrogen (secondary N) is 1. The fraction of sp³-hybridized carbons (Fsp3) is 0.444. The maximum Gasteiger partial charge on any atom is 0.436 e. The molecule has 1 aliphatic heterocycles. The summed E-state index contributed by atoms with van der Waals surface area (Å²) in [5, 5.41) is 18.4. The lowest BCUT2D eigenvalue weighted by Crippen LogP contribution is -2.58. The van der Waals surface area contributed by atoms with Crippen molar-refractivity contribution in [1.82, 2.24) is 14.9 Å². The van der Waals surface area contributed by atoms with Crippen LogP contribution < -0.4 is 0 Å². The Labute approximate surface area is 99.4 Å². The summed E-state index contributed by atoms with van der Waals surface area (Å²) in [5.41, 5.74) is -2.87. The van der Waals surface area contributed by atoms with Gasteiger partial charge in [-0.1, -0.05) is 0 Å². The van der Waals surface area contributed by atoms with Crippen LogP contribution in [0.2, 0.25) is 0 Å². The number of halogens is 3. The molecule has 1 unspecified atom stereocenters. The Balaban J connectivity index is 2.46. The number of aliphatic hydroxyl groups is 1. The molecule has 2 N–H and O–H groups in total. The number of nitrogens with zero attached hydrogens (tertiary/aromatic N) is 4. The molecule has 0 saturated carbocycles. The van der Waals surface area contributed by atoms with Gasteiger partial charge >= 0.3 is 6.18 Å². The van der Waals surface area contributed by atoms with Crippen molar-refractivity contribution < 1.29 is 18.3 Å². The van der Waals surface area contributed by atoms with Crippen molar-refractivity contribution in [2.24, 2.45) is 4.99 Å². The Morgan fingerprint density at radius 1 is 1.56 bits per heavy atom. The molecule has 18 heavy (non-hydrogen) atoms. The van der Waals surface area contributed by atoms with Crippen LogP contribution in [-0.4, -0.2) is 37.7 Å². The molecule has 0 aliphatic carbocycles. The van der Waals surface area contributed by atoms with E-state index in [2.05, 4.69) is 15.0 Å². The SMILES string of the molecule is CC(O)(N1Cc2[nH]cnc2N=C1C#N)C(F)(F)F. The Hall–Kier alpha value is -2.08. The highest BCUT2D eigenvalue weighted by atomic mass is 19.4. The number of amidine groups is 1. The highest BCUT2D eigenvalue weighted by Gasteiger charge is 2.56. The van der Waals surface area contributed by atoms with E-state index in [9.17, 15) is 18.3 Å². The fourth-order valence-corrected chi connectivity index (χ4v) is 1.52. The fourth-order valence-electron chi connectivity index (χ4n) is 1.52. The number of imidazole rings is 1. The van der Waals surface area contributed by atoms with Gasteiger partial charge in [0.25, 0.3) is 0 Å². The number of aliphatic imine (C=N–C) groups is 1. The number of rotatable bonds is 1. The normalized spacial score (nSPS) is 18.7. The number of hydrogen-bond donors (Lipinski definition) is 2. The lowest BCUT2D eigenvalue weighted by molar-refractivity contribution is -0.295.